The van der Waals surface area contributed by atoms with Gasteiger partial charge < -0.3 is 9.30 Å². The van der Waals surface area contributed by atoms with Crippen molar-refractivity contribution in [1.29, 1.82) is 5.26 Å². The van der Waals surface area contributed by atoms with E-state index >= 15 is 0 Å². The van der Waals surface area contributed by atoms with Crippen molar-refractivity contribution < 1.29 is 4.74 Å². The standard InChI is InChI=1S/C9H11N3OS2/c1-3-12-8(11-6-13-4-2)7(5-10)15-9(12)14/h6H,3-4H2,1-2H3. The van der Waals surface area contributed by atoms with E-state index in [1.54, 1.807) is 0 Å². The van der Waals surface area contributed by atoms with Crippen molar-refractivity contribution in [3.8, 4) is 6.07 Å². The Hall–Kier alpha value is -1.19. The van der Waals surface area contributed by atoms with Gasteiger partial charge in [-0.25, -0.2) is 4.99 Å². The molecular formula is C9H11N3OS2. The molecule has 0 saturated carbocycles. The number of thiazole rings is 1. The van der Waals surface area contributed by atoms with Crippen LogP contribution in [0.25, 0.3) is 0 Å². The first kappa shape index (κ1) is 11.9. The van der Waals surface area contributed by atoms with E-state index in [1.807, 2.05) is 18.4 Å². The number of ether oxygens (including phenoxy) is 1. The van der Waals surface area contributed by atoms with Crippen molar-refractivity contribution >= 4 is 35.8 Å². The molecule has 1 aromatic heterocycles. The molecule has 0 unspecified atom stereocenters. The SMILES string of the molecule is CCOC=Nc1c(C#N)sc(=S)n1CC. The van der Waals surface area contributed by atoms with Gasteiger partial charge in [-0.2, -0.15) is 5.26 Å². The molecule has 1 heterocycles. The number of hydrogen-bond donors (Lipinski definition) is 0. The van der Waals surface area contributed by atoms with Crippen LogP contribution < -0.4 is 0 Å². The molecule has 0 aliphatic heterocycles. The Bertz CT molecular complexity index is 453. The van der Waals surface area contributed by atoms with E-state index in [9.17, 15) is 0 Å². The van der Waals surface area contributed by atoms with E-state index in [0.29, 0.717) is 27.8 Å². The first-order chi connectivity index (χ1) is 7.24. The second-order valence-electron chi connectivity index (χ2n) is 2.57. The predicted octanol–water partition coefficient (Wildman–Crippen LogP) is 2.87. The largest absolute Gasteiger partial charge is 0.483 e. The fraction of sp³-hybridized carbons (Fsp3) is 0.444. The van der Waals surface area contributed by atoms with E-state index in [4.69, 9.17) is 22.2 Å². The van der Waals surface area contributed by atoms with E-state index < -0.39 is 0 Å². The van der Waals surface area contributed by atoms with Crippen molar-refractivity contribution in [2.45, 2.75) is 20.4 Å². The lowest BCUT2D eigenvalue weighted by molar-refractivity contribution is 0.343. The Balaban J connectivity index is 3.14. The predicted molar refractivity (Wildman–Crippen MR) is 63.3 cm³/mol. The Morgan fingerprint density at radius 2 is 2.40 bits per heavy atom. The molecule has 0 aromatic carbocycles. The van der Waals surface area contributed by atoms with Gasteiger partial charge in [0.1, 0.15) is 6.07 Å². The van der Waals surface area contributed by atoms with Gasteiger partial charge >= 0.3 is 0 Å². The molecule has 0 N–H and O–H groups in total. The highest BCUT2D eigenvalue weighted by molar-refractivity contribution is 7.73. The molecule has 0 aliphatic carbocycles. The van der Waals surface area contributed by atoms with Gasteiger partial charge in [-0.3, -0.25) is 0 Å². The van der Waals surface area contributed by atoms with E-state index in [0.717, 1.165) is 0 Å². The van der Waals surface area contributed by atoms with Gasteiger partial charge in [-0.05, 0) is 26.1 Å². The van der Waals surface area contributed by atoms with Crippen LogP contribution in [0.1, 0.15) is 18.7 Å². The van der Waals surface area contributed by atoms with Crippen molar-refractivity contribution in [2.75, 3.05) is 6.61 Å². The molecule has 0 fully saturated rings. The molecule has 0 spiro atoms. The normalized spacial score (nSPS) is 10.5. The summed E-state index contributed by atoms with van der Waals surface area (Å²) in [5.74, 6) is 0.587. The Morgan fingerprint density at radius 3 is 2.93 bits per heavy atom. The van der Waals surface area contributed by atoms with E-state index in [2.05, 4.69) is 11.1 Å². The van der Waals surface area contributed by atoms with Crippen LogP contribution in [-0.4, -0.2) is 17.6 Å². The highest BCUT2D eigenvalue weighted by Crippen LogP contribution is 2.26. The summed E-state index contributed by atoms with van der Waals surface area (Å²) >= 11 is 6.39. The van der Waals surface area contributed by atoms with Crippen molar-refractivity contribution in [3.63, 3.8) is 0 Å². The molecule has 6 heteroatoms. The maximum Gasteiger partial charge on any atom is 0.176 e. The smallest absolute Gasteiger partial charge is 0.176 e. The minimum Gasteiger partial charge on any atom is -0.483 e. The minimum absolute atomic E-state index is 0.526. The maximum absolute atomic E-state index is 8.89. The second kappa shape index (κ2) is 5.63. The summed E-state index contributed by atoms with van der Waals surface area (Å²) in [6, 6.07) is 2.08. The molecule has 0 radical (unpaired) electrons. The average molecular weight is 241 g/mol. The number of rotatable bonds is 4. The maximum atomic E-state index is 8.89. The fourth-order valence-electron chi connectivity index (χ4n) is 1.04. The zero-order valence-electron chi connectivity index (χ0n) is 8.56. The Labute approximate surface area is 97.5 Å². The highest BCUT2D eigenvalue weighted by atomic mass is 32.1. The molecular weight excluding hydrogens is 230 g/mol. The molecule has 0 amide bonds. The van der Waals surface area contributed by atoms with E-state index in [1.165, 1.54) is 17.7 Å². The summed E-state index contributed by atoms with van der Waals surface area (Å²) in [5, 5.41) is 8.89. The summed E-state index contributed by atoms with van der Waals surface area (Å²) in [6.07, 6.45) is 1.35. The lowest BCUT2D eigenvalue weighted by atomic mass is 10.5. The molecule has 0 atom stereocenters. The lowest BCUT2D eigenvalue weighted by Gasteiger charge is -1.99. The van der Waals surface area contributed by atoms with Crippen LogP contribution in [0.4, 0.5) is 5.82 Å². The average Bonchev–Trinajstić information content (AvgIpc) is 2.55. The van der Waals surface area contributed by atoms with Crippen molar-refractivity contribution in [1.82, 2.24) is 4.57 Å². The van der Waals surface area contributed by atoms with Crippen molar-refractivity contribution in [2.24, 2.45) is 4.99 Å². The van der Waals surface area contributed by atoms with Crippen LogP contribution in [0, 0.1) is 15.3 Å². The van der Waals surface area contributed by atoms with Gasteiger partial charge in [0.15, 0.2) is 21.0 Å². The summed E-state index contributed by atoms with van der Waals surface area (Å²) in [4.78, 5) is 4.62. The zero-order valence-corrected chi connectivity index (χ0v) is 10.2. The summed E-state index contributed by atoms with van der Waals surface area (Å²) in [6.45, 7) is 5.10. The second-order valence-corrected chi connectivity index (χ2v) is 4.21. The topological polar surface area (TPSA) is 50.3 Å². The summed E-state index contributed by atoms with van der Waals surface area (Å²) < 4.78 is 7.48. The van der Waals surface area contributed by atoms with Crippen LogP contribution in [-0.2, 0) is 11.3 Å². The van der Waals surface area contributed by atoms with Crippen LogP contribution in [0.3, 0.4) is 0 Å². The van der Waals surface area contributed by atoms with Crippen LogP contribution in [0.2, 0.25) is 0 Å². The van der Waals surface area contributed by atoms with Crippen LogP contribution >= 0.6 is 23.6 Å². The molecule has 0 saturated heterocycles. The lowest BCUT2D eigenvalue weighted by Crippen LogP contribution is -1.94. The zero-order chi connectivity index (χ0) is 11.3. The van der Waals surface area contributed by atoms with Gasteiger partial charge in [0.25, 0.3) is 0 Å². The number of hydrogen-bond acceptors (Lipinski definition) is 5. The van der Waals surface area contributed by atoms with Gasteiger partial charge in [0.05, 0.1) is 6.61 Å². The summed E-state index contributed by atoms with van der Waals surface area (Å²) in [7, 11) is 0. The third kappa shape index (κ3) is 2.64. The number of aliphatic imine (C=N–C) groups is 1. The van der Waals surface area contributed by atoms with Gasteiger partial charge in [-0.15, -0.1) is 0 Å². The van der Waals surface area contributed by atoms with Gasteiger partial charge in [-0.1, -0.05) is 11.3 Å². The van der Waals surface area contributed by atoms with Crippen LogP contribution in [0.15, 0.2) is 4.99 Å². The Kier molecular flexibility index (Phi) is 4.46. The molecule has 80 valence electrons. The molecule has 0 aliphatic rings. The first-order valence-corrected chi connectivity index (χ1v) is 5.74. The molecule has 15 heavy (non-hydrogen) atoms. The molecule has 1 rings (SSSR count). The third-order valence-corrected chi connectivity index (χ3v) is 3.05. The van der Waals surface area contributed by atoms with E-state index in [-0.39, 0.29) is 0 Å². The fourth-order valence-corrected chi connectivity index (χ4v) is 2.30. The Morgan fingerprint density at radius 1 is 1.67 bits per heavy atom. The monoisotopic (exact) mass is 241 g/mol. The third-order valence-electron chi connectivity index (χ3n) is 1.70. The quantitative estimate of drug-likeness (QED) is 0.462. The van der Waals surface area contributed by atoms with Crippen LogP contribution in [0.5, 0.6) is 0 Å². The highest BCUT2D eigenvalue weighted by Gasteiger charge is 2.09. The minimum atomic E-state index is 0.526. The molecule has 4 nitrogen and oxygen atoms in total. The summed E-state index contributed by atoms with van der Waals surface area (Å²) in [5.41, 5.74) is 0. The molecule has 0 bridgehead atoms. The van der Waals surface area contributed by atoms with Crippen molar-refractivity contribution in [3.05, 3.63) is 8.83 Å². The van der Waals surface area contributed by atoms with Gasteiger partial charge in [0.2, 0.25) is 0 Å². The number of nitrogens with zero attached hydrogens (tertiary/aromatic N) is 3. The first-order valence-electron chi connectivity index (χ1n) is 4.52. The molecule has 1 aromatic rings. The number of nitriles is 1. The van der Waals surface area contributed by atoms with Gasteiger partial charge in [0, 0.05) is 6.54 Å². The number of aromatic nitrogens is 1.